The molecule has 0 unspecified atom stereocenters. The van der Waals surface area contributed by atoms with Crippen molar-refractivity contribution in [1.82, 2.24) is 4.98 Å². The zero-order chi connectivity index (χ0) is 15.4. The van der Waals surface area contributed by atoms with Crippen LogP contribution < -0.4 is 9.47 Å². The van der Waals surface area contributed by atoms with Crippen LogP contribution in [0.2, 0.25) is 0 Å². The number of fused-ring (bicyclic) bond motifs is 1. The lowest BCUT2D eigenvalue weighted by Crippen LogP contribution is -2.03. The third-order valence-corrected chi connectivity index (χ3v) is 2.89. The van der Waals surface area contributed by atoms with E-state index < -0.39 is 5.97 Å². The molecule has 0 amide bonds. The summed E-state index contributed by atoms with van der Waals surface area (Å²) in [5.74, 6) is 0.278. The predicted octanol–water partition coefficient (Wildman–Crippen LogP) is 2.98. The van der Waals surface area contributed by atoms with Crippen molar-refractivity contribution in [2.24, 2.45) is 5.11 Å². The molecule has 0 saturated carbocycles. The summed E-state index contributed by atoms with van der Waals surface area (Å²) in [6, 6.07) is 3.23. The van der Waals surface area contributed by atoms with Crippen molar-refractivity contribution in [2.75, 3.05) is 21.3 Å². The molecule has 0 aliphatic heterocycles. The highest BCUT2D eigenvalue weighted by molar-refractivity contribution is 6.04. The Bertz CT molecular complexity index is 753. The Kier molecular flexibility index (Phi) is 4.10. The van der Waals surface area contributed by atoms with Gasteiger partial charge in [0.25, 0.3) is 0 Å². The molecular weight excluding hydrogens is 276 g/mol. The van der Waals surface area contributed by atoms with Crippen molar-refractivity contribution in [1.29, 1.82) is 0 Å². The molecule has 0 fully saturated rings. The summed E-state index contributed by atoms with van der Waals surface area (Å²) >= 11 is 0. The molecule has 0 aliphatic carbocycles. The Morgan fingerprint density at radius 3 is 2.48 bits per heavy atom. The van der Waals surface area contributed by atoms with Crippen molar-refractivity contribution in [3.8, 4) is 11.5 Å². The van der Waals surface area contributed by atoms with Gasteiger partial charge >= 0.3 is 5.97 Å². The number of ether oxygens (including phenoxy) is 3. The summed E-state index contributed by atoms with van der Waals surface area (Å²) in [7, 11) is 4.22. The Morgan fingerprint density at radius 2 is 1.90 bits per heavy atom. The van der Waals surface area contributed by atoms with E-state index in [2.05, 4.69) is 19.7 Å². The van der Waals surface area contributed by atoms with Crippen molar-refractivity contribution >= 4 is 22.6 Å². The van der Waals surface area contributed by atoms with Gasteiger partial charge in [0.1, 0.15) is 0 Å². The van der Waals surface area contributed by atoms with Gasteiger partial charge in [0.15, 0.2) is 11.5 Å². The second-order valence-electron chi connectivity index (χ2n) is 3.93. The van der Waals surface area contributed by atoms with Crippen molar-refractivity contribution in [2.45, 2.75) is 0 Å². The number of carbonyl (C=O) groups is 1. The summed E-state index contributed by atoms with van der Waals surface area (Å²) in [6.45, 7) is 0. The van der Waals surface area contributed by atoms with Crippen LogP contribution in [0.25, 0.3) is 21.3 Å². The fourth-order valence-corrected chi connectivity index (χ4v) is 1.92. The number of nitrogens with zero attached hydrogens (tertiary/aromatic N) is 4. The van der Waals surface area contributed by atoms with Crippen molar-refractivity contribution < 1.29 is 19.0 Å². The lowest BCUT2D eigenvalue weighted by atomic mass is 10.1. The highest BCUT2D eigenvalue weighted by Gasteiger charge is 2.17. The number of hydrogen-bond acceptors (Lipinski definition) is 6. The second kappa shape index (κ2) is 5.98. The number of aromatic nitrogens is 1. The molecule has 0 bridgehead atoms. The van der Waals surface area contributed by atoms with E-state index in [-0.39, 0.29) is 11.3 Å². The average molecular weight is 288 g/mol. The third-order valence-electron chi connectivity index (χ3n) is 2.89. The summed E-state index contributed by atoms with van der Waals surface area (Å²) in [5, 5.41) is 4.04. The first-order chi connectivity index (χ1) is 10.2. The summed E-state index contributed by atoms with van der Waals surface area (Å²) in [5.41, 5.74) is 9.43. The molecule has 0 aliphatic rings. The summed E-state index contributed by atoms with van der Waals surface area (Å²) in [4.78, 5) is 18.6. The van der Waals surface area contributed by atoms with Crippen LogP contribution in [-0.2, 0) is 4.74 Å². The van der Waals surface area contributed by atoms with Gasteiger partial charge in [-0.05, 0) is 11.6 Å². The largest absolute Gasteiger partial charge is 0.493 e. The molecule has 0 saturated heterocycles. The van der Waals surface area contributed by atoms with Crippen LogP contribution in [-0.4, -0.2) is 32.3 Å². The molecule has 1 aromatic heterocycles. The van der Waals surface area contributed by atoms with E-state index in [1.54, 1.807) is 12.1 Å². The van der Waals surface area contributed by atoms with Crippen LogP contribution in [0.4, 0.5) is 5.69 Å². The first-order valence-corrected chi connectivity index (χ1v) is 5.84. The quantitative estimate of drug-likeness (QED) is 0.372. The van der Waals surface area contributed by atoms with Crippen molar-refractivity contribution in [3.05, 3.63) is 34.3 Å². The zero-order valence-corrected chi connectivity index (χ0v) is 11.7. The number of carbonyl (C=O) groups excluding carboxylic acids is 1. The Balaban J connectivity index is 2.84. The van der Waals surface area contributed by atoms with E-state index in [1.165, 1.54) is 27.5 Å². The molecule has 0 N–H and O–H groups in total. The minimum atomic E-state index is -0.637. The van der Waals surface area contributed by atoms with Gasteiger partial charge in [-0.1, -0.05) is 5.11 Å². The molecule has 8 nitrogen and oxygen atoms in total. The molecule has 0 atom stereocenters. The highest BCUT2D eigenvalue weighted by atomic mass is 16.5. The number of pyridine rings is 1. The highest BCUT2D eigenvalue weighted by Crippen LogP contribution is 2.37. The minimum absolute atomic E-state index is 0.0787. The van der Waals surface area contributed by atoms with Gasteiger partial charge in [0, 0.05) is 22.6 Å². The Hall–Kier alpha value is -2.99. The van der Waals surface area contributed by atoms with Crippen LogP contribution in [0.1, 0.15) is 10.4 Å². The topological polar surface area (TPSA) is 106 Å². The standard InChI is InChI=1S/C13H12N4O4/c1-19-10-4-7-9(5-11(10)20-2)15-6-8(13(18)21-3)12(7)16-17-14/h4-6H,1-3H3. The number of rotatable bonds is 4. The lowest BCUT2D eigenvalue weighted by Gasteiger charge is -2.11. The Labute approximate surface area is 119 Å². The van der Waals surface area contributed by atoms with E-state index in [4.69, 9.17) is 15.0 Å². The van der Waals surface area contributed by atoms with Gasteiger partial charge in [0.05, 0.1) is 38.1 Å². The lowest BCUT2D eigenvalue weighted by molar-refractivity contribution is 0.0601. The third kappa shape index (κ3) is 2.52. The number of azide groups is 1. The maximum absolute atomic E-state index is 11.7. The average Bonchev–Trinajstić information content (AvgIpc) is 2.53. The normalized spacial score (nSPS) is 9.86. The fourth-order valence-electron chi connectivity index (χ4n) is 1.92. The van der Waals surface area contributed by atoms with Crippen LogP contribution in [0, 0.1) is 0 Å². The van der Waals surface area contributed by atoms with Gasteiger partial charge < -0.3 is 14.2 Å². The molecule has 2 rings (SSSR count). The van der Waals surface area contributed by atoms with Gasteiger partial charge in [-0.2, -0.15) is 0 Å². The van der Waals surface area contributed by atoms with E-state index in [0.29, 0.717) is 22.4 Å². The fraction of sp³-hybridized carbons (Fsp3) is 0.231. The minimum Gasteiger partial charge on any atom is -0.493 e. The Morgan fingerprint density at radius 1 is 1.24 bits per heavy atom. The number of benzene rings is 1. The van der Waals surface area contributed by atoms with E-state index in [0.717, 1.165) is 0 Å². The summed E-state index contributed by atoms with van der Waals surface area (Å²) < 4.78 is 15.0. The summed E-state index contributed by atoms with van der Waals surface area (Å²) in [6.07, 6.45) is 1.30. The number of esters is 1. The maximum atomic E-state index is 11.7. The van der Waals surface area contributed by atoms with Gasteiger partial charge in [-0.15, -0.1) is 0 Å². The van der Waals surface area contributed by atoms with E-state index in [1.807, 2.05) is 0 Å². The molecular formula is C13H12N4O4. The molecule has 0 radical (unpaired) electrons. The molecule has 108 valence electrons. The van der Waals surface area contributed by atoms with Crippen molar-refractivity contribution in [3.63, 3.8) is 0 Å². The molecule has 8 heteroatoms. The molecule has 2 aromatic rings. The van der Waals surface area contributed by atoms with E-state index in [9.17, 15) is 4.79 Å². The number of hydrogen-bond donors (Lipinski definition) is 0. The van der Waals surface area contributed by atoms with Crippen LogP contribution >= 0.6 is 0 Å². The first kappa shape index (κ1) is 14.4. The number of methoxy groups -OCH3 is 3. The first-order valence-electron chi connectivity index (χ1n) is 5.84. The van der Waals surface area contributed by atoms with E-state index >= 15 is 0 Å². The van der Waals surface area contributed by atoms with Gasteiger partial charge in [0.2, 0.25) is 0 Å². The monoisotopic (exact) mass is 288 g/mol. The maximum Gasteiger partial charge on any atom is 0.339 e. The van der Waals surface area contributed by atoms with Gasteiger partial charge in [-0.3, -0.25) is 4.98 Å². The van der Waals surface area contributed by atoms with Crippen LogP contribution in [0.5, 0.6) is 11.5 Å². The zero-order valence-electron chi connectivity index (χ0n) is 11.7. The molecule has 1 heterocycles. The second-order valence-corrected chi connectivity index (χ2v) is 3.93. The predicted molar refractivity (Wildman–Crippen MR) is 75.0 cm³/mol. The SMILES string of the molecule is COC(=O)c1cnc2cc(OC)c(OC)cc2c1N=[N+]=[N-]. The van der Waals surface area contributed by atoms with Gasteiger partial charge in [-0.25, -0.2) is 4.79 Å². The molecule has 1 aromatic carbocycles. The molecule has 21 heavy (non-hydrogen) atoms. The van der Waals surface area contributed by atoms with Crippen LogP contribution in [0.3, 0.4) is 0 Å². The van der Waals surface area contributed by atoms with Crippen LogP contribution in [0.15, 0.2) is 23.4 Å². The smallest absolute Gasteiger partial charge is 0.339 e. The molecule has 0 spiro atoms.